The number of hydrogen-bond acceptors (Lipinski definition) is 4. The normalized spacial score (nSPS) is 15.1. The molecule has 1 aromatic heterocycles. The van der Waals surface area contributed by atoms with E-state index in [-0.39, 0.29) is 24.1 Å². The Morgan fingerprint density at radius 3 is 2.50 bits per heavy atom. The number of benzene rings is 2. The molecule has 1 saturated heterocycles. The van der Waals surface area contributed by atoms with Gasteiger partial charge in [0, 0.05) is 37.1 Å². The zero-order valence-corrected chi connectivity index (χ0v) is 15.6. The first-order chi connectivity index (χ1) is 13.5. The summed E-state index contributed by atoms with van der Waals surface area (Å²) in [5.74, 6) is -0.502. The van der Waals surface area contributed by atoms with E-state index in [0.717, 1.165) is 16.5 Å². The average molecular weight is 380 g/mol. The number of Topliss-reactive ketones (excluding diaryl/α,β-unsaturated/α-hetero) is 1. The number of nitrogens with one attached hydrogen (secondary N) is 1. The van der Waals surface area contributed by atoms with Gasteiger partial charge in [-0.1, -0.05) is 12.1 Å². The van der Waals surface area contributed by atoms with Crippen molar-refractivity contribution >= 4 is 22.6 Å². The minimum atomic E-state index is -0.357. The van der Waals surface area contributed by atoms with Gasteiger partial charge in [0.25, 0.3) is 5.91 Å². The van der Waals surface area contributed by atoms with E-state index >= 15 is 0 Å². The van der Waals surface area contributed by atoms with Crippen LogP contribution < -0.4 is 0 Å². The number of carbonyl (C=O) groups is 2. The Kier molecular flexibility index (Phi) is 4.92. The number of nitrogens with zero attached hydrogens (tertiary/aromatic N) is 3. The van der Waals surface area contributed by atoms with Gasteiger partial charge >= 0.3 is 0 Å². The fraction of sp³-hybridized carbons (Fsp3) is 0.286. The van der Waals surface area contributed by atoms with E-state index in [1.165, 1.54) is 24.3 Å². The van der Waals surface area contributed by atoms with Crippen LogP contribution in [0, 0.1) is 12.7 Å². The summed E-state index contributed by atoms with van der Waals surface area (Å²) < 4.78 is 13.0. The van der Waals surface area contributed by atoms with Crippen LogP contribution in [0.5, 0.6) is 0 Å². The smallest absolute Gasteiger partial charge is 0.275 e. The number of carbonyl (C=O) groups excluding carboxylic acids is 2. The van der Waals surface area contributed by atoms with Crippen molar-refractivity contribution in [2.24, 2.45) is 0 Å². The molecule has 2 heterocycles. The first-order valence-electron chi connectivity index (χ1n) is 9.26. The number of rotatable bonds is 4. The fourth-order valence-corrected chi connectivity index (χ4v) is 3.49. The number of piperazine rings is 1. The van der Waals surface area contributed by atoms with Crippen molar-refractivity contribution in [1.29, 1.82) is 0 Å². The first-order valence-corrected chi connectivity index (χ1v) is 9.26. The van der Waals surface area contributed by atoms with Crippen LogP contribution in [0.25, 0.3) is 10.9 Å². The number of fused-ring (bicyclic) bond motifs is 1. The lowest BCUT2D eigenvalue weighted by atomic mass is 10.1. The summed E-state index contributed by atoms with van der Waals surface area (Å²) in [5, 5.41) is 7.96. The predicted molar refractivity (Wildman–Crippen MR) is 104 cm³/mol. The summed E-state index contributed by atoms with van der Waals surface area (Å²) in [4.78, 5) is 29.0. The first kappa shape index (κ1) is 18.3. The molecule has 1 N–H and O–H groups in total. The number of aryl methyl sites for hydroxylation is 1. The largest absolute Gasteiger partial charge is 0.335 e. The molecule has 3 aromatic rings. The molecule has 0 saturated carbocycles. The maximum absolute atomic E-state index is 13.0. The van der Waals surface area contributed by atoms with Crippen molar-refractivity contribution in [3.8, 4) is 0 Å². The van der Waals surface area contributed by atoms with Crippen LogP contribution in [0.2, 0.25) is 0 Å². The van der Waals surface area contributed by atoms with Gasteiger partial charge < -0.3 is 4.90 Å². The highest BCUT2D eigenvalue weighted by Crippen LogP contribution is 2.19. The van der Waals surface area contributed by atoms with E-state index in [9.17, 15) is 14.0 Å². The average Bonchev–Trinajstić information content (AvgIpc) is 3.11. The Balaban J connectivity index is 1.37. The van der Waals surface area contributed by atoms with Crippen molar-refractivity contribution in [1.82, 2.24) is 20.0 Å². The molecule has 1 fully saturated rings. The number of ketones is 1. The molecule has 6 nitrogen and oxygen atoms in total. The van der Waals surface area contributed by atoms with Crippen molar-refractivity contribution in [3.05, 3.63) is 65.1 Å². The molecular weight excluding hydrogens is 359 g/mol. The summed E-state index contributed by atoms with van der Waals surface area (Å²) in [7, 11) is 0. The van der Waals surface area contributed by atoms with E-state index in [4.69, 9.17) is 0 Å². The lowest BCUT2D eigenvalue weighted by Crippen LogP contribution is -2.50. The molecule has 0 bridgehead atoms. The second-order valence-electron chi connectivity index (χ2n) is 7.12. The van der Waals surface area contributed by atoms with Gasteiger partial charge in [-0.25, -0.2) is 4.39 Å². The van der Waals surface area contributed by atoms with Crippen LogP contribution in [0.1, 0.15) is 26.4 Å². The SMILES string of the molecule is Cc1ccc2c(C(=O)N3CCN(CC(=O)c4ccc(F)cc4)CC3)n[nH]c2c1. The fourth-order valence-electron chi connectivity index (χ4n) is 3.49. The van der Waals surface area contributed by atoms with Gasteiger partial charge in [0.1, 0.15) is 5.82 Å². The van der Waals surface area contributed by atoms with E-state index in [0.29, 0.717) is 37.4 Å². The van der Waals surface area contributed by atoms with Crippen molar-refractivity contribution in [3.63, 3.8) is 0 Å². The molecule has 2 aromatic carbocycles. The van der Waals surface area contributed by atoms with Gasteiger partial charge in [0.15, 0.2) is 11.5 Å². The maximum Gasteiger partial charge on any atom is 0.275 e. The summed E-state index contributed by atoms with van der Waals surface area (Å²) in [6.45, 7) is 4.55. The van der Waals surface area contributed by atoms with Crippen LogP contribution in [0.15, 0.2) is 42.5 Å². The van der Waals surface area contributed by atoms with Gasteiger partial charge in [-0.15, -0.1) is 0 Å². The number of amides is 1. The molecule has 0 radical (unpaired) electrons. The lowest BCUT2D eigenvalue weighted by molar-refractivity contribution is 0.0621. The molecule has 1 aliphatic heterocycles. The van der Waals surface area contributed by atoms with E-state index in [1.807, 2.05) is 30.0 Å². The van der Waals surface area contributed by atoms with Gasteiger partial charge in [0.05, 0.1) is 12.1 Å². The summed E-state index contributed by atoms with van der Waals surface area (Å²) >= 11 is 0. The number of aromatic nitrogens is 2. The highest BCUT2D eigenvalue weighted by atomic mass is 19.1. The van der Waals surface area contributed by atoms with Crippen molar-refractivity contribution in [2.45, 2.75) is 6.92 Å². The number of aromatic amines is 1. The standard InChI is InChI=1S/C21H21FN4O2/c1-14-2-7-17-18(12-14)23-24-20(17)21(28)26-10-8-25(9-11-26)13-19(27)15-3-5-16(22)6-4-15/h2-7,12H,8-11,13H2,1H3,(H,23,24). The van der Waals surface area contributed by atoms with Crippen molar-refractivity contribution < 1.29 is 14.0 Å². The van der Waals surface area contributed by atoms with E-state index < -0.39 is 0 Å². The summed E-state index contributed by atoms with van der Waals surface area (Å²) in [6, 6.07) is 11.4. The number of H-pyrrole nitrogens is 1. The van der Waals surface area contributed by atoms with E-state index in [2.05, 4.69) is 10.2 Å². The molecule has 0 unspecified atom stereocenters. The zero-order chi connectivity index (χ0) is 19.7. The van der Waals surface area contributed by atoms with Gasteiger partial charge in [-0.3, -0.25) is 19.6 Å². The lowest BCUT2D eigenvalue weighted by Gasteiger charge is -2.34. The third-order valence-electron chi connectivity index (χ3n) is 5.11. The van der Waals surface area contributed by atoms with Crippen LogP contribution in [-0.4, -0.2) is 64.4 Å². The third-order valence-corrected chi connectivity index (χ3v) is 5.11. The zero-order valence-electron chi connectivity index (χ0n) is 15.6. The van der Waals surface area contributed by atoms with Gasteiger partial charge in [0.2, 0.25) is 0 Å². The Morgan fingerprint density at radius 2 is 1.79 bits per heavy atom. The molecule has 1 amide bonds. The Labute approximate surface area is 161 Å². The van der Waals surface area contributed by atoms with Crippen LogP contribution >= 0.6 is 0 Å². The minimum absolute atomic E-state index is 0.0477. The van der Waals surface area contributed by atoms with Crippen LogP contribution in [-0.2, 0) is 0 Å². The quantitative estimate of drug-likeness (QED) is 0.707. The highest BCUT2D eigenvalue weighted by Gasteiger charge is 2.26. The predicted octanol–water partition coefficient (Wildman–Crippen LogP) is 2.65. The van der Waals surface area contributed by atoms with Crippen LogP contribution in [0.3, 0.4) is 0 Å². The summed E-state index contributed by atoms with van der Waals surface area (Å²) in [6.07, 6.45) is 0. The topological polar surface area (TPSA) is 69.3 Å². The van der Waals surface area contributed by atoms with Crippen molar-refractivity contribution in [2.75, 3.05) is 32.7 Å². The molecular formula is C21H21FN4O2. The van der Waals surface area contributed by atoms with Gasteiger partial charge in [-0.05, 0) is 42.8 Å². The monoisotopic (exact) mass is 380 g/mol. The number of hydrogen-bond donors (Lipinski definition) is 1. The Bertz CT molecular complexity index is 1020. The molecule has 0 spiro atoms. The minimum Gasteiger partial charge on any atom is -0.335 e. The molecule has 144 valence electrons. The second-order valence-corrected chi connectivity index (χ2v) is 7.12. The van der Waals surface area contributed by atoms with Gasteiger partial charge in [-0.2, -0.15) is 5.10 Å². The molecule has 0 aliphatic carbocycles. The van der Waals surface area contributed by atoms with Crippen LogP contribution in [0.4, 0.5) is 4.39 Å². The second kappa shape index (κ2) is 7.52. The molecule has 7 heteroatoms. The Morgan fingerprint density at radius 1 is 1.07 bits per heavy atom. The number of halogens is 1. The molecule has 0 atom stereocenters. The maximum atomic E-state index is 13.0. The Hall–Kier alpha value is -3.06. The molecule has 28 heavy (non-hydrogen) atoms. The van der Waals surface area contributed by atoms with E-state index in [1.54, 1.807) is 4.90 Å². The molecule has 4 rings (SSSR count). The third kappa shape index (κ3) is 3.66. The molecule has 1 aliphatic rings. The highest BCUT2D eigenvalue weighted by molar-refractivity contribution is 6.04. The summed E-state index contributed by atoms with van der Waals surface area (Å²) in [5.41, 5.74) is 2.89.